The van der Waals surface area contributed by atoms with Crippen LogP contribution in [0.4, 0.5) is 5.82 Å². The summed E-state index contributed by atoms with van der Waals surface area (Å²) in [6.07, 6.45) is 4.74. The van der Waals surface area contributed by atoms with Crippen LogP contribution in [0, 0.1) is 6.92 Å². The molecule has 0 saturated heterocycles. The Bertz CT molecular complexity index is 1260. The average molecular weight is 403 g/mol. The van der Waals surface area contributed by atoms with Gasteiger partial charge in [-0.1, -0.05) is 18.2 Å². The van der Waals surface area contributed by atoms with Gasteiger partial charge in [0.2, 0.25) is 0 Å². The quantitative estimate of drug-likeness (QED) is 0.540. The number of methoxy groups -OCH3 is 1. The van der Waals surface area contributed by atoms with Gasteiger partial charge in [0.05, 0.1) is 18.9 Å². The second kappa shape index (κ2) is 7.95. The first-order chi connectivity index (χ1) is 14.6. The Labute approximate surface area is 170 Å². The van der Waals surface area contributed by atoms with Crippen LogP contribution in [0.5, 0.6) is 5.75 Å². The number of aromatic nitrogens is 6. The molecule has 10 nitrogen and oxygen atoms in total. The van der Waals surface area contributed by atoms with Crippen LogP contribution in [0.2, 0.25) is 0 Å². The fourth-order valence-corrected chi connectivity index (χ4v) is 2.85. The molecule has 3 heterocycles. The number of rotatable bonds is 5. The molecule has 0 saturated carbocycles. The number of nitrogens with one attached hydrogen (secondary N) is 1. The van der Waals surface area contributed by atoms with Crippen molar-refractivity contribution in [2.75, 3.05) is 12.4 Å². The molecule has 1 aromatic carbocycles. The highest BCUT2D eigenvalue weighted by molar-refractivity contribution is 6.04. The Hall–Kier alpha value is -4.34. The molecule has 1 amide bonds. The SMILES string of the molecule is COc1cc(=O)n(-c2ccccc2)nc1C(=O)Nc1cc(-n2ccnc2C)ncn1. The molecule has 4 aromatic rings. The molecule has 1 N–H and O–H groups in total. The molecule has 0 radical (unpaired) electrons. The zero-order chi connectivity index (χ0) is 21.1. The van der Waals surface area contributed by atoms with Crippen molar-refractivity contribution in [2.24, 2.45) is 0 Å². The maximum atomic E-state index is 12.9. The van der Waals surface area contributed by atoms with Gasteiger partial charge in [-0.25, -0.2) is 15.0 Å². The van der Waals surface area contributed by atoms with E-state index in [2.05, 4.69) is 25.4 Å². The van der Waals surface area contributed by atoms with Crippen LogP contribution in [0.15, 0.2) is 66.0 Å². The third-order valence-electron chi connectivity index (χ3n) is 4.30. The molecule has 0 aliphatic carbocycles. The van der Waals surface area contributed by atoms with E-state index in [-0.39, 0.29) is 17.3 Å². The maximum absolute atomic E-state index is 12.9. The zero-order valence-electron chi connectivity index (χ0n) is 16.2. The molecule has 0 aliphatic heterocycles. The van der Waals surface area contributed by atoms with Crippen molar-refractivity contribution in [3.63, 3.8) is 0 Å². The summed E-state index contributed by atoms with van der Waals surface area (Å²) < 4.78 is 8.08. The molecule has 0 bridgehead atoms. The normalized spacial score (nSPS) is 10.6. The van der Waals surface area contributed by atoms with Crippen molar-refractivity contribution in [1.29, 1.82) is 0 Å². The third kappa shape index (κ3) is 3.65. The monoisotopic (exact) mass is 403 g/mol. The number of imidazole rings is 1. The Morgan fingerprint density at radius 2 is 1.90 bits per heavy atom. The minimum absolute atomic E-state index is 0.0556. The van der Waals surface area contributed by atoms with Crippen LogP contribution in [-0.2, 0) is 0 Å². The average Bonchev–Trinajstić information content (AvgIpc) is 3.20. The topological polar surface area (TPSA) is 117 Å². The fraction of sp³-hybridized carbons (Fsp3) is 0.100. The number of hydrogen-bond donors (Lipinski definition) is 1. The number of aryl methyl sites for hydroxylation is 1. The molecule has 0 atom stereocenters. The smallest absolute Gasteiger partial charge is 0.281 e. The Balaban J connectivity index is 1.68. The Morgan fingerprint density at radius 1 is 1.10 bits per heavy atom. The second-order valence-electron chi connectivity index (χ2n) is 6.21. The first kappa shape index (κ1) is 19.0. The van der Waals surface area contributed by atoms with Gasteiger partial charge in [-0.2, -0.15) is 9.78 Å². The summed E-state index contributed by atoms with van der Waals surface area (Å²) in [5, 5.41) is 6.88. The van der Waals surface area contributed by atoms with Gasteiger partial charge in [-0.05, 0) is 19.1 Å². The zero-order valence-corrected chi connectivity index (χ0v) is 16.2. The largest absolute Gasteiger partial charge is 0.494 e. The number of anilines is 1. The molecule has 30 heavy (non-hydrogen) atoms. The van der Waals surface area contributed by atoms with E-state index in [1.807, 2.05) is 13.0 Å². The number of para-hydroxylation sites is 1. The second-order valence-corrected chi connectivity index (χ2v) is 6.21. The van der Waals surface area contributed by atoms with E-state index in [0.29, 0.717) is 11.5 Å². The molecule has 3 aromatic heterocycles. The van der Waals surface area contributed by atoms with Gasteiger partial charge in [0.25, 0.3) is 11.5 Å². The van der Waals surface area contributed by atoms with Gasteiger partial charge in [0.1, 0.15) is 23.8 Å². The Kier molecular flexibility index (Phi) is 5.04. The van der Waals surface area contributed by atoms with Crippen LogP contribution in [0.25, 0.3) is 11.5 Å². The lowest BCUT2D eigenvalue weighted by atomic mass is 10.3. The van der Waals surface area contributed by atoms with Gasteiger partial charge in [0, 0.05) is 18.5 Å². The first-order valence-corrected chi connectivity index (χ1v) is 8.94. The minimum atomic E-state index is -0.580. The van der Waals surface area contributed by atoms with Crippen molar-refractivity contribution in [3.05, 3.63) is 83.1 Å². The summed E-state index contributed by atoms with van der Waals surface area (Å²) in [6, 6.07) is 11.6. The lowest BCUT2D eigenvalue weighted by Gasteiger charge is -2.11. The number of amides is 1. The molecular formula is C20H17N7O3. The predicted molar refractivity (Wildman–Crippen MR) is 108 cm³/mol. The summed E-state index contributed by atoms with van der Waals surface area (Å²) in [5.41, 5.74) is 0.0496. The number of carbonyl (C=O) groups is 1. The molecule has 4 rings (SSSR count). The van der Waals surface area contributed by atoms with E-state index in [9.17, 15) is 9.59 Å². The van der Waals surface area contributed by atoms with Crippen LogP contribution < -0.4 is 15.6 Å². The van der Waals surface area contributed by atoms with Crippen molar-refractivity contribution in [2.45, 2.75) is 6.92 Å². The molecule has 150 valence electrons. The van der Waals surface area contributed by atoms with Crippen LogP contribution >= 0.6 is 0 Å². The standard InChI is InChI=1S/C20H17N7O3/c1-13-21-8-9-26(13)17-11-16(22-12-23-17)24-20(29)19-15(30-2)10-18(28)27(25-19)14-6-4-3-5-7-14/h3-12H,1-2H3,(H,22,23,24,29). The van der Waals surface area contributed by atoms with Crippen molar-refractivity contribution >= 4 is 11.7 Å². The van der Waals surface area contributed by atoms with Crippen molar-refractivity contribution in [3.8, 4) is 17.3 Å². The van der Waals surface area contributed by atoms with E-state index in [0.717, 1.165) is 10.5 Å². The van der Waals surface area contributed by atoms with Crippen molar-refractivity contribution < 1.29 is 9.53 Å². The van der Waals surface area contributed by atoms with E-state index in [1.54, 1.807) is 47.3 Å². The van der Waals surface area contributed by atoms with Crippen LogP contribution in [0.1, 0.15) is 16.3 Å². The molecule has 0 spiro atoms. The molecule has 0 unspecified atom stereocenters. The number of benzene rings is 1. The van der Waals surface area contributed by atoms with Crippen molar-refractivity contribution in [1.82, 2.24) is 29.3 Å². The Morgan fingerprint density at radius 3 is 2.60 bits per heavy atom. The highest BCUT2D eigenvalue weighted by atomic mass is 16.5. The third-order valence-corrected chi connectivity index (χ3v) is 4.30. The highest BCUT2D eigenvalue weighted by Crippen LogP contribution is 2.17. The van der Waals surface area contributed by atoms with Gasteiger partial charge in [-0.15, -0.1) is 0 Å². The fourth-order valence-electron chi connectivity index (χ4n) is 2.85. The summed E-state index contributed by atoms with van der Waals surface area (Å²) in [7, 11) is 1.37. The maximum Gasteiger partial charge on any atom is 0.281 e. The summed E-state index contributed by atoms with van der Waals surface area (Å²) >= 11 is 0. The number of hydrogen-bond acceptors (Lipinski definition) is 7. The van der Waals surface area contributed by atoms with E-state index in [1.165, 1.54) is 19.5 Å². The van der Waals surface area contributed by atoms with E-state index < -0.39 is 11.5 Å². The summed E-state index contributed by atoms with van der Waals surface area (Å²) in [4.78, 5) is 37.7. The summed E-state index contributed by atoms with van der Waals surface area (Å²) in [5.74, 6) is 1.03. The van der Waals surface area contributed by atoms with Gasteiger partial charge in [0.15, 0.2) is 11.4 Å². The summed E-state index contributed by atoms with van der Waals surface area (Å²) in [6.45, 7) is 1.84. The molecule has 0 aliphatic rings. The van der Waals surface area contributed by atoms with E-state index in [4.69, 9.17) is 4.74 Å². The highest BCUT2D eigenvalue weighted by Gasteiger charge is 2.19. The van der Waals surface area contributed by atoms with Gasteiger partial charge in [-0.3, -0.25) is 14.2 Å². The van der Waals surface area contributed by atoms with Gasteiger partial charge < -0.3 is 10.1 Å². The number of carbonyl (C=O) groups excluding carboxylic acids is 1. The molecule has 10 heteroatoms. The predicted octanol–water partition coefficient (Wildman–Crippen LogP) is 1.78. The first-order valence-electron chi connectivity index (χ1n) is 8.94. The van der Waals surface area contributed by atoms with E-state index >= 15 is 0 Å². The van der Waals surface area contributed by atoms with Crippen LogP contribution in [-0.4, -0.2) is 42.3 Å². The molecular weight excluding hydrogens is 386 g/mol. The lowest BCUT2D eigenvalue weighted by molar-refractivity contribution is 0.101. The lowest BCUT2D eigenvalue weighted by Crippen LogP contribution is -2.26. The minimum Gasteiger partial charge on any atom is -0.494 e. The van der Waals surface area contributed by atoms with Crippen LogP contribution in [0.3, 0.4) is 0 Å². The molecule has 0 fully saturated rings. The number of nitrogens with zero attached hydrogens (tertiary/aromatic N) is 6. The van der Waals surface area contributed by atoms with Gasteiger partial charge >= 0.3 is 0 Å². The number of ether oxygens (including phenoxy) is 1.